The second-order valence-electron chi connectivity index (χ2n) is 10.2. The van der Waals surface area contributed by atoms with Gasteiger partial charge in [-0.25, -0.2) is 0 Å². The molecule has 0 saturated heterocycles. The van der Waals surface area contributed by atoms with Crippen molar-refractivity contribution in [2.75, 3.05) is 0 Å². The molecule has 3 N–H and O–H groups in total. The molecule has 0 unspecified atom stereocenters. The van der Waals surface area contributed by atoms with Crippen LogP contribution in [0.1, 0.15) is 92.9 Å². The van der Waals surface area contributed by atoms with Crippen molar-refractivity contribution >= 4 is 17.7 Å². The Balaban J connectivity index is 0. The summed E-state index contributed by atoms with van der Waals surface area (Å²) in [7, 11) is 0. The summed E-state index contributed by atoms with van der Waals surface area (Å²) in [5, 5.41) is 8.47. The van der Waals surface area contributed by atoms with Gasteiger partial charge >= 0.3 is 0 Å². The van der Waals surface area contributed by atoms with E-state index in [0.717, 1.165) is 0 Å². The molecule has 0 aliphatic heterocycles. The third-order valence-electron chi connectivity index (χ3n) is 2.91. The summed E-state index contributed by atoms with van der Waals surface area (Å²) >= 11 is 0. The second-order valence-corrected chi connectivity index (χ2v) is 10.2. The zero-order valence-electron chi connectivity index (χ0n) is 20.8. The molecule has 1 rings (SSSR count). The second kappa shape index (κ2) is 13.0. The molecule has 0 atom stereocenters. The van der Waals surface area contributed by atoms with Crippen molar-refractivity contribution in [1.29, 1.82) is 0 Å². The molecule has 30 heavy (non-hydrogen) atoms. The first-order valence-electron chi connectivity index (χ1n) is 10.3. The third-order valence-corrected chi connectivity index (χ3v) is 2.91. The highest BCUT2D eigenvalue weighted by Crippen LogP contribution is 2.03. The van der Waals surface area contributed by atoms with Gasteiger partial charge in [-0.05, 0) is 74.4 Å². The fraction of sp³-hybridized carbons (Fsp3) is 0.625. The van der Waals surface area contributed by atoms with Gasteiger partial charge in [0, 0.05) is 35.5 Å². The van der Waals surface area contributed by atoms with Crippen molar-refractivity contribution in [3.63, 3.8) is 0 Å². The lowest BCUT2D eigenvalue weighted by Crippen LogP contribution is -2.40. The van der Waals surface area contributed by atoms with Crippen LogP contribution >= 0.6 is 0 Å². The average Bonchev–Trinajstić information content (AvgIpc) is 2.51. The molecule has 0 saturated carbocycles. The monoisotopic (exact) mass is 421 g/mol. The van der Waals surface area contributed by atoms with E-state index in [-0.39, 0.29) is 34.3 Å². The van der Waals surface area contributed by atoms with Gasteiger partial charge in [-0.1, -0.05) is 25.1 Å². The fourth-order valence-corrected chi connectivity index (χ4v) is 2.04. The Morgan fingerprint density at radius 2 is 1.10 bits per heavy atom. The van der Waals surface area contributed by atoms with Crippen LogP contribution in [0.5, 0.6) is 0 Å². The van der Waals surface area contributed by atoms with Crippen LogP contribution in [0.4, 0.5) is 0 Å². The largest absolute Gasteiger partial charge is 0.352 e. The van der Waals surface area contributed by atoms with Gasteiger partial charge in [-0.2, -0.15) is 0 Å². The van der Waals surface area contributed by atoms with Crippen LogP contribution in [0, 0.1) is 0 Å². The van der Waals surface area contributed by atoms with Gasteiger partial charge in [0.25, 0.3) is 5.91 Å². The first-order chi connectivity index (χ1) is 13.4. The van der Waals surface area contributed by atoms with Crippen molar-refractivity contribution in [2.45, 2.75) is 99.2 Å². The molecule has 0 aliphatic rings. The van der Waals surface area contributed by atoms with Gasteiger partial charge in [0.2, 0.25) is 11.8 Å². The van der Waals surface area contributed by atoms with Crippen LogP contribution in [-0.2, 0) is 9.59 Å². The Hall–Kier alpha value is -2.37. The van der Waals surface area contributed by atoms with Gasteiger partial charge in [0.1, 0.15) is 0 Å². The molecular weight excluding hydrogens is 378 g/mol. The number of carbonyl (C=O) groups excluding carboxylic acids is 3. The smallest absolute Gasteiger partial charge is 0.251 e. The van der Waals surface area contributed by atoms with Gasteiger partial charge in [0.15, 0.2) is 0 Å². The lowest BCUT2D eigenvalue weighted by Gasteiger charge is -2.20. The van der Waals surface area contributed by atoms with Crippen molar-refractivity contribution in [1.82, 2.24) is 16.0 Å². The SMILES string of the molecule is CC(=O)NC(C)(C)C.CC(C)(C)NC(=O)c1ccccc1.CCC(=O)NC(C)(C)C. The van der Waals surface area contributed by atoms with E-state index in [2.05, 4.69) is 16.0 Å². The van der Waals surface area contributed by atoms with Gasteiger partial charge < -0.3 is 16.0 Å². The maximum absolute atomic E-state index is 11.5. The maximum Gasteiger partial charge on any atom is 0.251 e. The summed E-state index contributed by atoms with van der Waals surface area (Å²) in [6.45, 7) is 21.0. The minimum Gasteiger partial charge on any atom is -0.352 e. The molecule has 0 bridgehead atoms. The minimum absolute atomic E-state index is 0.0203. The first kappa shape index (κ1) is 29.8. The minimum atomic E-state index is -0.174. The molecule has 0 spiro atoms. The van der Waals surface area contributed by atoms with Crippen LogP contribution in [0.3, 0.4) is 0 Å². The van der Waals surface area contributed by atoms with Gasteiger partial charge in [-0.15, -0.1) is 0 Å². The molecule has 0 radical (unpaired) electrons. The third kappa shape index (κ3) is 21.9. The van der Waals surface area contributed by atoms with E-state index in [1.807, 2.05) is 87.4 Å². The zero-order valence-corrected chi connectivity index (χ0v) is 20.8. The van der Waals surface area contributed by atoms with Crippen LogP contribution < -0.4 is 16.0 Å². The Morgan fingerprint density at radius 3 is 1.33 bits per heavy atom. The molecule has 0 aliphatic carbocycles. The molecular formula is C24H43N3O3. The van der Waals surface area contributed by atoms with Gasteiger partial charge in [-0.3, -0.25) is 14.4 Å². The topological polar surface area (TPSA) is 87.3 Å². The summed E-state index contributed by atoms with van der Waals surface area (Å²) in [4.78, 5) is 32.6. The van der Waals surface area contributed by atoms with Crippen molar-refractivity contribution in [3.8, 4) is 0 Å². The number of benzene rings is 1. The summed E-state index contributed by atoms with van der Waals surface area (Å²) in [5.41, 5.74) is 0.378. The number of hydrogen-bond acceptors (Lipinski definition) is 3. The lowest BCUT2D eigenvalue weighted by molar-refractivity contribution is -0.122. The van der Waals surface area contributed by atoms with E-state index in [0.29, 0.717) is 12.0 Å². The Bertz CT molecular complexity index is 649. The number of carbonyl (C=O) groups is 3. The van der Waals surface area contributed by atoms with E-state index in [1.165, 1.54) is 6.92 Å². The summed E-state index contributed by atoms with van der Waals surface area (Å²) in [6, 6.07) is 9.23. The summed E-state index contributed by atoms with van der Waals surface area (Å²) < 4.78 is 0. The van der Waals surface area contributed by atoms with E-state index >= 15 is 0 Å². The number of nitrogens with one attached hydrogen (secondary N) is 3. The Morgan fingerprint density at radius 1 is 0.700 bits per heavy atom. The first-order valence-corrected chi connectivity index (χ1v) is 10.3. The van der Waals surface area contributed by atoms with E-state index in [9.17, 15) is 14.4 Å². The fourth-order valence-electron chi connectivity index (χ4n) is 2.04. The Labute approximate surface area is 183 Å². The molecule has 1 aromatic rings. The highest BCUT2D eigenvalue weighted by Gasteiger charge is 2.14. The average molecular weight is 422 g/mol. The van der Waals surface area contributed by atoms with Crippen molar-refractivity contribution in [2.24, 2.45) is 0 Å². The van der Waals surface area contributed by atoms with Crippen LogP contribution in [-0.4, -0.2) is 34.3 Å². The number of hydrogen-bond donors (Lipinski definition) is 3. The van der Waals surface area contributed by atoms with Crippen LogP contribution in [0.15, 0.2) is 30.3 Å². The highest BCUT2D eigenvalue weighted by atomic mass is 16.2. The molecule has 6 heteroatoms. The molecule has 0 aromatic heterocycles. The van der Waals surface area contributed by atoms with Crippen molar-refractivity contribution < 1.29 is 14.4 Å². The summed E-state index contributed by atoms with van der Waals surface area (Å²) in [6.07, 6.45) is 0.567. The normalized spacial score (nSPS) is 11.0. The maximum atomic E-state index is 11.5. The predicted octanol–water partition coefficient (Wildman–Crippen LogP) is 4.45. The van der Waals surface area contributed by atoms with Gasteiger partial charge in [0.05, 0.1) is 0 Å². The molecule has 6 nitrogen and oxygen atoms in total. The predicted molar refractivity (Wildman–Crippen MR) is 125 cm³/mol. The lowest BCUT2D eigenvalue weighted by atomic mass is 10.1. The quantitative estimate of drug-likeness (QED) is 0.659. The highest BCUT2D eigenvalue weighted by molar-refractivity contribution is 5.94. The number of amides is 3. The van der Waals surface area contributed by atoms with Crippen LogP contribution in [0.2, 0.25) is 0 Å². The van der Waals surface area contributed by atoms with E-state index in [4.69, 9.17) is 0 Å². The molecule has 172 valence electrons. The molecule has 3 amide bonds. The van der Waals surface area contributed by atoms with Crippen LogP contribution in [0.25, 0.3) is 0 Å². The molecule has 0 heterocycles. The van der Waals surface area contributed by atoms with E-state index in [1.54, 1.807) is 12.1 Å². The molecule has 1 aromatic carbocycles. The summed E-state index contributed by atoms with van der Waals surface area (Å²) in [5.74, 6) is 0.119. The van der Waals surface area contributed by atoms with Crippen molar-refractivity contribution in [3.05, 3.63) is 35.9 Å². The standard InChI is InChI=1S/C11H15NO.C7H15NO.C6H13NO/c1-11(2,3)12-10(13)9-7-5-4-6-8-9;1-5-6(9)8-7(2,3)4;1-5(8)7-6(2,3)4/h4-8H,1-3H3,(H,12,13);5H2,1-4H3,(H,8,9);1-4H3,(H,7,8). The zero-order chi connectivity index (χ0) is 24.2. The Kier molecular flexibility index (Phi) is 13.0. The van der Waals surface area contributed by atoms with E-state index < -0.39 is 0 Å². The molecule has 0 fully saturated rings. The number of rotatable bonds is 2.